The van der Waals surface area contributed by atoms with Crippen molar-refractivity contribution in [2.45, 2.75) is 58.7 Å². The average Bonchev–Trinajstić information content (AvgIpc) is 2.15. The van der Waals surface area contributed by atoms with Gasteiger partial charge in [-0.25, -0.2) is 0 Å². The summed E-state index contributed by atoms with van der Waals surface area (Å²) in [6.45, 7) is 5.49. The standard InChI is InChI=1S/C11H22O3/c1-4-5-6-7-9(12)11(14)10(13)8(2)3/h9,11-14H,4-7H2,1-3H3/t9-,11?/m1/s1. The van der Waals surface area contributed by atoms with Crippen molar-refractivity contribution in [2.24, 2.45) is 0 Å². The molecule has 1 unspecified atom stereocenters. The molecule has 0 bridgehead atoms. The fourth-order valence-electron chi connectivity index (χ4n) is 1.24. The van der Waals surface area contributed by atoms with Gasteiger partial charge in [-0.3, -0.25) is 0 Å². The maximum Gasteiger partial charge on any atom is 0.136 e. The minimum Gasteiger partial charge on any atom is -0.510 e. The summed E-state index contributed by atoms with van der Waals surface area (Å²) >= 11 is 0. The molecule has 14 heavy (non-hydrogen) atoms. The van der Waals surface area contributed by atoms with Gasteiger partial charge in [0.15, 0.2) is 0 Å². The molecule has 0 aliphatic carbocycles. The van der Waals surface area contributed by atoms with Crippen LogP contribution in [0, 0.1) is 0 Å². The summed E-state index contributed by atoms with van der Waals surface area (Å²) < 4.78 is 0. The molecule has 3 nitrogen and oxygen atoms in total. The van der Waals surface area contributed by atoms with Crippen LogP contribution in [0.3, 0.4) is 0 Å². The number of hydrogen-bond donors (Lipinski definition) is 3. The number of aliphatic hydroxyl groups excluding tert-OH is 3. The molecule has 0 fully saturated rings. The van der Waals surface area contributed by atoms with E-state index in [9.17, 15) is 15.3 Å². The SMILES string of the molecule is CCCCC[C@@H](O)C(O)C(O)=C(C)C. The van der Waals surface area contributed by atoms with E-state index < -0.39 is 12.2 Å². The first-order chi connectivity index (χ1) is 6.50. The number of rotatable bonds is 6. The fourth-order valence-corrected chi connectivity index (χ4v) is 1.24. The smallest absolute Gasteiger partial charge is 0.136 e. The van der Waals surface area contributed by atoms with Crippen LogP contribution < -0.4 is 0 Å². The Morgan fingerprint density at radius 2 is 1.71 bits per heavy atom. The van der Waals surface area contributed by atoms with E-state index in [1.54, 1.807) is 13.8 Å². The fraction of sp³-hybridized carbons (Fsp3) is 0.818. The van der Waals surface area contributed by atoms with Gasteiger partial charge >= 0.3 is 0 Å². The molecule has 0 radical (unpaired) electrons. The van der Waals surface area contributed by atoms with Crippen molar-refractivity contribution < 1.29 is 15.3 Å². The van der Waals surface area contributed by atoms with Crippen LogP contribution >= 0.6 is 0 Å². The van der Waals surface area contributed by atoms with Crippen molar-refractivity contribution in [1.29, 1.82) is 0 Å². The van der Waals surface area contributed by atoms with Gasteiger partial charge in [0.25, 0.3) is 0 Å². The van der Waals surface area contributed by atoms with Crippen molar-refractivity contribution >= 4 is 0 Å². The first-order valence-electron chi connectivity index (χ1n) is 5.23. The molecule has 0 heterocycles. The van der Waals surface area contributed by atoms with E-state index in [1.807, 2.05) is 0 Å². The van der Waals surface area contributed by atoms with E-state index in [0.29, 0.717) is 12.0 Å². The van der Waals surface area contributed by atoms with Crippen molar-refractivity contribution in [2.75, 3.05) is 0 Å². The molecule has 3 heteroatoms. The summed E-state index contributed by atoms with van der Waals surface area (Å²) in [6, 6.07) is 0. The van der Waals surface area contributed by atoms with Gasteiger partial charge in [0.1, 0.15) is 11.9 Å². The van der Waals surface area contributed by atoms with Crippen LogP contribution in [0.15, 0.2) is 11.3 Å². The molecule has 0 aromatic heterocycles. The topological polar surface area (TPSA) is 60.7 Å². The van der Waals surface area contributed by atoms with Crippen LogP contribution in [0.25, 0.3) is 0 Å². The molecule has 3 N–H and O–H groups in total. The van der Waals surface area contributed by atoms with Crippen molar-refractivity contribution in [3.63, 3.8) is 0 Å². The van der Waals surface area contributed by atoms with Crippen molar-refractivity contribution in [3.05, 3.63) is 11.3 Å². The van der Waals surface area contributed by atoms with Crippen molar-refractivity contribution in [1.82, 2.24) is 0 Å². The third kappa shape index (κ3) is 4.63. The lowest BCUT2D eigenvalue weighted by molar-refractivity contribution is 0.0113. The van der Waals surface area contributed by atoms with Gasteiger partial charge in [0, 0.05) is 0 Å². The first kappa shape index (κ1) is 13.5. The highest BCUT2D eigenvalue weighted by Gasteiger charge is 2.20. The van der Waals surface area contributed by atoms with E-state index in [0.717, 1.165) is 19.3 Å². The number of allylic oxidation sites excluding steroid dienone is 1. The van der Waals surface area contributed by atoms with Gasteiger partial charge in [-0.2, -0.15) is 0 Å². The normalized spacial score (nSPS) is 14.9. The zero-order valence-electron chi connectivity index (χ0n) is 9.32. The molecule has 0 rings (SSSR count). The minimum atomic E-state index is -1.13. The molecule has 0 amide bonds. The zero-order valence-corrected chi connectivity index (χ0v) is 9.32. The van der Waals surface area contributed by atoms with Gasteiger partial charge in [0.2, 0.25) is 0 Å². The predicted molar refractivity (Wildman–Crippen MR) is 57.2 cm³/mol. The Morgan fingerprint density at radius 1 is 1.14 bits per heavy atom. The second-order valence-corrected chi connectivity index (χ2v) is 3.89. The molecule has 2 atom stereocenters. The van der Waals surface area contributed by atoms with Crippen LogP contribution in [0.4, 0.5) is 0 Å². The maximum absolute atomic E-state index is 9.52. The van der Waals surface area contributed by atoms with Crippen LogP contribution in [-0.2, 0) is 0 Å². The molecular weight excluding hydrogens is 180 g/mol. The molecular formula is C11H22O3. The Bertz CT molecular complexity index is 183. The highest BCUT2D eigenvalue weighted by Crippen LogP contribution is 2.13. The number of unbranched alkanes of at least 4 members (excludes halogenated alkanes) is 2. The van der Waals surface area contributed by atoms with Crippen LogP contribution in [0.5, 0.6) is 0 Å². The highest BCUT2D eigenvalue weighted by atomic mass is 16.4. The van der Waals surface area contributed by atoms with Gasteiger partial charge in [-0.05, 0) is 25.8 Å². The predicted octanol–water partition coefficient (Wildman–Crippen LogP) is 2.14. The molecule has 84 valence electrons. The number of hydrogen-bond acceptors (Lipinski definition) is 3. The van der Waals surface area contributed by atoms with E-state index in [-0.39, 0.29) is 5.76 Å². The highest BCUT2D eigenvalue weighted by molar-refractivity contribution is 5.07. The summed E-state index contributed by atoms with van der Waals surface area (Å²) in [4.78, 5) is 0. The van der Waals surface area contributed by atoms with Gasteiger partial charge in [-0.15, -0.1) is 0 Å². The lowest BCUT2D eigenvalue weighted by Crippen LogP contribution is -2.28. The summed E-state index contributed by atoms with van der Waals surface area (Å²) in [7, 11) is 0. The Hall–Kier alpha value is -0.540. The Labute approximate surface area is 86.1 Å². The molecule has 0 aliphatic heterocycles. The third-order valence-corrected chi connectivity index (χ3v) is 2.26. The van der Waals surface area contributed by atoms with Gasteiger partial charge in [-0.1, -0.05) is 26.2 Å². The molecule has 0 aliphatic rings. The Morgan fingerprint density at radius 3 is 2.14 bits per heavy atom. The molecule has 0 saturated carbocycles. The molecule has 0 aromatic carbocycles. The molecule has 0 saturated heterocycles. The lowest BCUT2D eigenvalue weighted by Gasteiger charge is -2.18. The summed E-state index contributed by atoms with van der Waals surface area (Å²) in [5, 5.41) is 28.4. The van der Waals surface area contributed by atoms with Gasteiger partial charge in [0.05, 0.1) is 6.10 Å². The van der Waals surface area contributed by atoms with Crippen molar-refractivity contribution in [3.8, 4) is 0 Å². The zero-order chi connectivity index (χ0) is 11.1. The van der Waals surface area contributed by atoms with Crippen LogP contribution in [0.1, 0.15) is 46.5 Å². The lowest BCUT2D eigenvalue weighted by atomic mass is 10.0. The van der Waals surface area contributed by atoms with E-state index in [1.165, 1.54) is 0 Å². The van der Waals surface area contributed by atoms with Crippen LogP contribution in [-0.4, -0.2) is 27.5 Å². The second-order valence-electron chi connectivity index (χ2n) is 3.89. The van der Waals surface area contributed by atoms with E-state index in [2.05, 4.69) is 6.92 Å². The monoisotopic (exact) mass is 202 g/mol. The quantitative estimate of drug-likeness (QED) is 0.457. The van der Waals surface area contributed by atoms with Gasteiger partial charge < -0.3 is 15.3 Å². The summed E-state index contributed by atoms with van der Waals surface area (Å²) in [5.41, 5.74) is 0.645. The van der Waals surface area contributed by atoms with E-state index >= 15 is 0 Å². The van der Waals surface area contributed by atoms with Crippen LogP contribution in [0.2, 0.25) is 0 Å². The first-order valence-corrected chi connectivity index (χ1v) is 5.23. The largest absolute Gasteiger partial charge is 0.510 e. The summed E-state index contributed by atoms with van der Waals surface area (Å²) in [5.74, 6) is -0.103. The average molecular weight is 202 g/mol. The van der Waals surface area contributed by atoms with E-state index in [4.69, 9.17) is 0 Å². The maximum atomic E-state index is 9.52. The third-order valence-electron chi connectivity index (χ3n) is 2.26. The number of aliphatic hydroxyl groups is 3. The summed E-state index contributed by atoms with van der Waals surface area (Å²) in [6.07, 6.45) is 1.56. The Balaban J connectivity index is 3.99. The minimum absolute atomic E-state index is 0.103. The molecule has 0 aromatic rings. The second kappa shape index (κ2) is 6.85. The Kier molecular flexibility index (Phi) is 6.58. The molecule has 0 spiro atoms.